The fraction of sp³-hybridized carbons (Fsp3) is 0.571. The second-order valence-corrected chi connectivity index (χ2v) is 8.96. The van der Waals surface area contributed by atoms with E-state index in [4.69, 9.17) is 9.51 Å². The van der Waals surface area contributed by atoms with Crippen molar-refractivity contribution in [1.82, 2.24) is 29.9 Å². The number of likely N-dealkylation sites (tertiary alicyclic amines) is 2. The maximum Gasteiger partial charge on any atom is 0.240 e. The number of H-pyrrole nitrogens is 1. The van der Waals surface area contributed by atoms with Crippen LogP contribution in [0.1, 0.15) is 37.3 Å². The maximum absolute atomic E-state index is 10.3. The average Bonchev–Trinajstić information content (AvgIpc) is 3.43. The summed E-state index contributed by atoms with van der Waals surface area (Å²) in [7, 11) is 0. The van der Waals surface area contributed by atoms with Crippen LogP contribution in [-0.2, 0) is 13.1 Å². The van der Waals surface area contributed by atoms with E-state index in [1.54, 1.807) is 0 Å². The number of rotatable bonds is 6. The third kappa shape index (κ3) is 3.45. The van der Waals surface area contributed by atoms with E-state index in [-0.39, 0.29) is 17.9 Å². The topological polar surface area (TPSA) is 94.3 Å². The van der Waals surface area contributed by atoms with Gasteiger partial charge in [0.05, 0.1) is 30.7 Å². The van der Waals surface area contributed by atoms with E-state index >= 15 is 0 Å². The van der Waals surface area contributed by atoms with Crippen LogP contribution in [0.5, 0.6) is 0 Å². The highest BCUT2D eigenvalue weighted by molar-refractivity contribution is 5.74. The van der Waals surface area contributed by atoms with Gasteiger partial charge in [-0.25, -0.2) is 4.98 Å². The van der Waals surface area contributed by atoms with Crippen molar-refractivity contribution in [3.05, 3.63) is 41.8 Å². The number of benzene rings is 1. The van der Waals surface area contributed by atoms with Crippen molar-refractivity contribution in [3.8, 4) is 0 Å². The number of nitrogens with one attached hydrogen (secondary N) is 1. The first-order valence-electron chi connectivity index (χ1n) is 10.4. The van der Waals surface area contributed by atoms with Gasteiger partial charge in [0, 0.05) is 37.5 Å². The fourth-order valence-electron chi connectivity index (χ4n) is 4.92. The van der Waals surface area contributed by atoms with Gasteiger partial charge in [-0.1, -0.05) is 31.1 Å². The van der Waals surface area contributed by atoms with Crippen LogP contribution >= 0.6 is 0 Å². The highest BCUT2D eigenvalue weighted by Crippen LogP contribution is 2.43. The molecule has 2 unspecified atom stereocenters. The largest absolute Gasteiger partial charge is 0.396 e. The van der Waals surface area contributed by atoms with Crippen LogP contribution in [0.4, 0.5) is 0 Å². The molecule has 8 heteroatoms. The van der Waals surface area contributed by atoms with Gasteiger partial charge in [0.2, 0.25) is 5.89 Å². The number of aromatic nitrogens is 4. The maximum atomic E-state index is 10.3. The highest BCUT2D eigenvalue weighted by atomic mass is 16.5. The third-order valence-electron chi connectivity index (χ3n) is 6.39. The molecule has 2 aliphatic heterocycles. The summed E-state index contributed by atoms with van der Waals surface area (Å²) in [6.45, 7) is 9.40. The van der Waals surface area contributed by atoms with Crippen LogP contribution in [-0.4, -0.2) is 67.8 Å². The minimum absolute atomic E-state index is 0.0904. The third-order valence-corrected chi connectivity index (χ3v) is 6.39. The molecule has 0 saturated carbocycles. The molecule has 29 heavy (non-hydrogen) atoms. The van der Waals surface area contributed by atoms with Gasteiger partial charge in [0.1, 0.15) is 5.82 Å². The Bertz CT molecular complexity index is 965. The van der Waals surface area contributed by atoms with Gasteiger partial charge >= 0.3 is 0 Å². The molecular formula is C21H28N6O2. The fourth-order valence-corrected chi connectivity index (χ4v) is 4.92. The Morgan fingerprint density at radius 1 is 1.17 bits per heavy atom. The molecule has 2 fully saturated rings. The van der Waals surface area contributed by atoms with E-state index in [1.165, 1.54) is 0 Å². The van der Waals surface area contributed by atoms with Gasteiger partial charge in [0.25, 0.3) is 0 Å². The summed E-state index contributed by atoms with van der Waals surface area (Å²) in [5, 5.41) is 14.3. The molecule has 3 aromatic rings. The number of aliphatic hydroxyl groups is 1. The van der Waals surface area contributed by atoms with E-state index in [0.717, 1.165) is 55.4 Å². The molecule has 2 saturated heterocycles. The summed E-state index contributed by atoms with van der Waals surface area (Å²) in [5.41, 5.74) is 1.99. The summed E-state index contributed by atoms with van der Waals surface area (Å²) in [6, 6.07) is 8.12. The second-order valence-electron chi connectivity index (χ2n) is 8.96. The first-order valence-corrected chi connectivity index (χ1v) is 10.4. The zero-order valence-electron chi connectivity index (χ0n) is 17.0. The Morgan fingerprint density at radius 3 is 2.59 bits per heavy atom. The van der Waals surface area contributed by atoms with Crippen molar-refractivity contribution in [2.75, 3.05) is 32.8 Å². The number of hydrogen-bond acceptors (Lipinski definition) is 7. The van der Waals surface area contributed by atoms with Crippen LogP contribution in [0.25, 0.3) is 11.0 Å². The molecule has 0 aliphatic carbocycles. The standard InChI is InChI=1S/C21H28N6O2/c1-14(2)20-24-19(29-25-20)10-27-8-15-7-26(11-21(15,12-27)13-28)9-18-22-16-5-3-4-6-17(16)23-18/h3-6,14-15,28H,7-13H2,1-2H3,(H,22,23). The van der Waals surface area contributed by atoms with Crippen molar-refractivity contribution in [3.63, 3.8) is 0 Å². The molecule has 2 aliphatic rings. The lowest BCUT2D eigenvalue weighted by Gasteiger charge is -2.26. The molecule has 0 radical (unpaired) electrons. The Balaban J connectivity index is 1.24. The Labute approximate surface area is 169 Å². The number of para-hydroxylation sites is 2. The number of aromatic amines is 1. The van der Waals surface area contributed by atoms with Crippen LogP contribution in [0.2, 0.25) is 0 Å². The van der Waals surface area contributed by atoms with Gasteiger partial charge in [-0.15, -0.1) is 0 Å². The molecule has 8 nitrogen and oxygen atoms in total. The zero-order valence-corrected chi connectivity index (χ0v) is 17.0. The summed E-state index contributed by atoms with van der Waals surface area (Å²) in [6.07, 6.45) is 0. The number of nitrogens with zero attached hydrogens (tertiary/aromatic N) is 5. The molecule has 0 bridgehead atoms. The van der Waals surface area contributed by atoms with E-state index in [2.05, 4.69) is 44.8 Å². The molecule has 0 amide bonds. The van der Waals surface area contributed by atoms with Gasteiger partial charge < -0.3 is 14.6 Å². The normalized spacial score (nSPS) is 25.4. The minimum atomic E-state index is -0.0904. The van der Waals surface area contributed by atoms with Crippen LogP contribution in [0.15, 0.2) is 28.8 Å². The first-order chi connectivity index (χ1) is 14.0. The van der Waals surface area contributed by atoms with E-state index in [0.29, 0.717) is 18.4 Å². The highest BCUT2D eigenvalue weighted by Gasteiger charge is 2.52. The number of imidazole rings is 1. The Hall–Kier alpha value is -2.29. The molecule has 0 spiro atoms. The number of fused-ring (bicyclic) bond motifs is 2. The molecule has 2 N–H and O–H groups in total. The Morgan fingerprint density at radius 2 is 1.93 bits per heavy atom. The lowest BCUT2D eigenvalue weighted by atomic mass is 9.82. The van der Waals surface area contributed by atoms with E-state index < -0.39 is 0 Å². The molecule has 2 aromatic heterocycles. The first kappa shape index (κ1) is 18.7. The molecule has 4 heterocycles. The summed E-state index contributed by atoms with van der Waals surface area (Å²) < 4.78 is 5.42. The quantitative estimate of drug-likeness (QED) is 0.658. The van der Waals surface area contributed by atoms with Crippen LogP contribution < -0.4 is 0 Å². The van der Waals surface area contributed by atoms with Crippen molar-refractivity contribution in [1.29, 1.82) is 0 Å². The number of hydrogen-bond donors (Lipinski definition) is 2. The summed E-state index contributed by atoms with van der Waals surface area (Å²) >= 11 is 0. The van der Waals surface area contributed by atoms with Crippen LogP contribution in [0, 0.1) is 11.3 Å². The van der Waals surface area contributed by atoms with E-state index in [1.807, 2.05) is 18.2 Å². The monoisotopic (exact) mass is 396 g/mol. The number of aliphatic hydroxyl groups excluding tert-OH is 1. The predicted molar refractivity (Wildman–Crippen MR) is 108 cm³/mol. The lowest BCUT2D eigenvalue weighted by Crippen LogP contribution is -2.37. The van der Waals surface area contributed by atoms with Crippen molar-refractivity contribution in [2.45, 2.75) is 32.9 Å². The van der Waals surface area contributed by atoms with Crippen LogP contribution in [0.3, 0.4) is 0 Å². The van der Waals surface area contributed by atoms with Gasteiger partial charge in [-0.2, -0.15) is 4.98 Å². The minimum Gasteiger partial charge on any atom is -0.396 e. The van der Waals surface area contributed by atoms with Gasteiger partial charge in [0.15, 0.2) is 5.82 Å². The summed E-state index contributed by atoms with van der Waals surface area (Å²) in [4.78, 5) is 17.4. The molecule has 1 aromatic carbocycles. The zero-order chi connectivity index (χ0) is 20.0. The van der Waals surface area contributed by atoms with E-state index in [9.17, 15) is 5.11 Å². The average molecular weight is 396 g/mol. The molecule has 2 atom stereocenters. The van der Waals surface area contributed by atoms with Crippen molar-refractivity contribution < 1.29 is 9.63 Å². The molecule has 5 rings (SSSR count). The predicted octanol–water partition coefficient (Wildman–Crippen LogP) is 2.00. The molecule has 154 valence electrons. The molecular weight excluding hydrogens is 368 g/mol. The van der Waals surface area contributed by atoms with Crippen molar-refractivity contribution >= 4 is 11.0 Å². The SMILES string of the molecule is CC(C)c1noc(CN2CC3CN(Cc4nc5ccccc5[nH]4)CC3(CO)C2)n1. The second kappa shape index (κ2) is 7.19. The van der Waals surface area contributed by atoms with Crippen molar-refractivity contribution in [2.24, 2.45) is 11.3 Å². The lowest BCUT2D eigenvalue weighted by molar-refractivity contribution is 0.108. The Kier molecular flexibility index (Phi) is 4.64. The summed E-state index contributed by atoms with van der Waals surface area (Å²) in [5.74, 6) is 3.11. The van der Waals surface area contributed by atoms with Gasteiger partial charge in [-0.05, 0) is 18.1 Å². The smallest absolute Gasteiger partial charge is 0.240 e. The van der Waals surface area contributed by atoms with Gasteiger partial charge in [-0.3, -0.25) is 9.80 Å².